The average Bonchev–Trinajstić information content (AvgIpc) is 2.94. The van der Waals surface area contributed by atoms with Crippen LogP contribution >= 0.6 is 22.9 Å². The van der Waals surface area contributed by atoms with E-state index in [1.54, 1.807) is 11.3 Å². The predicted molar refractivity (Wildman–Crippen MR) is 75.9 cm³/mol. The molecule has 0 spiro atoms. The number of hydrogen-bond donors (Lipinski definition) is 1. The van der Waals surface area contributed by atoms with E-state index in [0.29, 0.717) is 17.0 Å². The minimum Gasteiger partial charge on any atom is -0.321 e. The summed E-state index contributed by atoms with van der Waals surface area (Å²) in [5.74, 6) is -0.113. The third-order valence-electron chi connectivity index (χ3n) is 2.85. The topological polar surface area (TPSA) is 29.1 Å². The van der Waals surface area contributed by atoms with E-state index in [4.69, 9.17) is 11.6 Å². The van der Waals surface area contributed by atoms with Crippen LogP contribution in [0.3, 0.4) is 0 Å². The van der Waals surface area contributed by atoms with Gasteiger partial charge in [0, 0.05) is 27.6 Å². The van der Waals surface area contributed by atoms with Crippen molar-refractivity contribution in [2.45, 2.75) is 6.42 Å². The number of halogens is 1. The summed E-state index contributed by atoms with van der Waals surface area (Å²) in [7, 11) is 0. The monoisotopic (exact) mass is 275 g/mol. The maximum Gasteiger partial charge on any atom is 0.257 e. The van der Waals surface area contributed by atoms with E-state index in [0.717, 1.165) is 16.1 Å². The third kappa shape index (κ3) is 1.96. The highest BCUT2D eigenvalue weighted by molar-refractivity contribution is 7.10. The van der Waals surface area contributed by atoms with Crippen molar-refractivity contribution in [3.63, 3.8) is 0 Å². The summed E-state index contributed by atoms with van der Waals surface area (Å²) < 4.78 is 0. The van der Waals surface area contributed by atoms with Gasteiger partial charge in [-0.1, -0.05) is 35.9 Å². The molecule has 1 aliphatic rings. The first-order valence-corrected chi connectivity index (χ1v) is 6.83. The number of anilines is 1. The molecule has 2 aromatic rings. The Balaban J connectivity index is 2.02. The maximum atomic E-state index is 12.0. The van der Waals surface area contributed by atoms with Crippen LogP contribution in [0.15, 0.2) is 46.8 Å². The number of nitrogens with one attached hydrogen (secondary N) is 1. The summed E-state index contributed by atoms with van der Waals surface area (Å²) in [5.41, 5.74) is 2.33. The molecule has 0 aliphatic carbocycles. The molecule has 1 aliphatic heterocycles. The van der Waals surface area contributed by atoms with Crippen molar-refractivity contribution in [3.8, 4) is 0 Å². The molecule has 0 bridgehead atoms. The zero-order valence-electron chi connectivity index (χ0n) is 9.44. The minimum absolute atomic E-state index is 0.113. The summed E-state index contributed by atoms with van der Waals surface area (Å²) >= 11 is 7.97. The van der Waals surface area contributed by atoms with Gasteiger partial charge in [0.25, 0.3) is 5.91 Å². The lowest BCUT2D eigenvalue weighted by atomic mass is 10.1. The Labute approximate surface area is 114 Å². The fourth-order valence-corrected chi connectivity index (χ4v) is 3.17. The normalized spacial score (nSPS) is 16.4. The van der Waals surface area contributed by atoms with Gasteiger partial charge in [-0.25, -0.2) is 0 Å². The maximum absolute atomic E-state index is 12.0. The van der Waals surface area contributed by atoms with Crippen molar-refractivity contribution in [1.82, 2.24) is 0 Å². The van der Waals surface area contributed by atoms with Crippen LogP contribution in [-0.4, -0.2) is 5.91 Å². The van der Waals surface area contributed by atoms with Gasteiger partial charge in [-0.15, -0.1) is 11.3 Å². The molecule has 18 heavy (non-hydrogen) atoms. The zero-order chi connectivity index (χ0) is 12.5. The van der Waals surface area contributed by atoms with E-state index in [2.05, 4.69) is 5.32 Å². The number of thiophene rings is 1. The Morgan fingerprint density at radius 1 is 1.22 bits per heavy atom. The number of carbonyl (C=O) groups is 1. The summed E-state index contributed by atoms with van der Waals surface area (Å²) in [6.07, 6.45) is 0.607. The quantitative estimate of drug-likeness (QED) is 0.828. The first-order chi connectivity index (χ1) is 8.75. The number of allylic oxidation sites excluding steroid dienone is 1. The Bertz CT molecular complexity index is 631. The van der Waals surface area contributed by atoms with Crippen molar-refractivity contribution >= 4 is 40.1 Å². The summed E-state index contributed by atoms with van der Waals surface area (Å²) in [6.45, 7) is 0. The molecular weight excluding hydrogens is 266 g/mol. The lowest BCUT2D eigenvalue weighted by Crippen LogP contribution is -2.05. The van der Waals surface area contributed by atoms with Crippen molar-refractivity contribution in [3.05, 3.63) is 57.3 Å². The second-order valence-electron chi connectivity index (χ2n) is 4.04. The first kappa shape index (κ1) is 11.5. The smallest absolute Gasteiger partial charge is 0.257 e. The largest absolute Gasteiger partial charge is 0.321 e. The first-order valence-electron chi connectivity index (χ1n) is 5.57. The molecule has 0 fully saturated rings. The Kier molecular flexibility index (Phi) is 2.94. The molecule has 0 atom stereocenters. The summed E-state index contributed by atoms with van der Waals surface area (Å²) in [4.78, 5) is 13.1. The van der Waals surface area contributed by atoms with Gasteiger partial charge in [-0.3, -0.25) is 4.79 Å². The van der Waals surface area contributed by atoms with Gasteiger partial charge in [0.1, 0.15) is 0 Å². The molecule has 2 heterocycles. The van der Waals surface area contributed by atoms with Gasteiger partial charge in [-0.05, 0) is 17.5 Å². The number of carbonyl (C=O) groups excluding carboxylic acids is 1. The van der Waals surface area contributed by atoms with Gasteiger partial charge in [0.2, 0.25) is 0 Å². The van der Waals surface area contributed by atoms with Crippen molar-refractivity contribution in [2.75, 3.05) is 5.32 Å². The van der Waals surface area contributed by atoms with Gasteiger partial charge in [-0.2, -0.15) is 0 Å². The Hall–Kier alpha value is -1.58. The molecule has 1 aromatic carbocycles. The fraction of sp³-hybridized carbons (Fsp3) is 0.0714. The van der Waals surface area contributed by atoms with Crippen LogP contribution in [0.5, 0.6) is 0 Å². The van der Waals surface area contributed by atoms with E-state index in [1.165, 1.54) is 0 Å². The molecule has 1 amide bonds. The molecular formula is C14H10ClNOS. The van der Waals surface area contributed by atoms with Crippen LogP contribution in [0.4, 0.5) is 5.69 Å². The Morgan fingerprint density at radius 3 is 2.83 bits per heavy atom. The van der Waals surface area contributed by atoms with E-state index >= 15 is 0 Å². The van der Waals surface area contributed by atoms with E-state index < -0.39 is 0 Å². The van der Waals surface area contributed by atoms with Gasteiger partial charge < -0.3 is 5.32 Å². The fourth-order valence-electron chi connectivity index (χ4n) is 2.04. The SMILES string of the molecule is O=C1Nc2ccccc2/C1=C(\Cl)Cc1cccs1. The van der Waals surface area contributed by atoms with Gasteiger partial charge in [0.05, 0.1) is 5.57 Å². The highest BCUT2D eigenvalue weighted by Gasteiger charge is 2.26. The van der Waals surface area contributed by atoms with Gasteiger partial charge in [0.15, 0.2) is 0 Å². The molecule has 0 saturated heterocycles. The molecule has 0 unspecified atom stereocenters. The number of para-hydroxylation sites is 1. The van der Waals surface area contributed by atoms with E-state index in [-0.39, 0.29) is 5.91 Å². The summed E-state index contributed by atoms with van der Waals surface area (Å²) in [6, 6.07) is 11.6. The molecule has 90 valence electrons. The number of hydrogen-bond acceptors (Lipinski definition) is 2. The summed E-state index contributed by atoms with van der Waals surface area (Å²) in [5, 5.41) is 5.43. The van der Waals surface area contributed by atoms with Crippen molar-refractivity contribution in [2.24, 2.45) is 0 Å². The predicted octanol–water partition coefficient (Wildman–Crippen LogP) is 3.89. The van der Waals surface area contributed by atoms with Crippen LogP contribution in [-0.2, 0) is 11.2 Å². The standard InChI is InChI=1S/C14H10ClNOS/c15-11(8-9-4-3-7-18-9)13-10-5-1-2-6-12(10)16-14(13)17/h1-7H,8H2,(H,16,17)/b13-11+. The molecule has 1 aromatic heterocycles. The second-order valence-corrected chi connectivity index (χ2v) is 5.52. The van der Waals surface area contributed by atoms with Gasteiger partial charge >= 0.3 is 0 Å². The van der Waals surface area contributed by atoms with Crippen LogP contribution in [0.25, 0.3) is 5.57 Å². The van der Waals surface area contributed by atoms with E-state index in [9.17, 15) is 4.79 Å². The number of amides is 1. The number of rotatable bonds is 2. The molecule has 4 heteroatoms. The number of fused-ring (bicyclic) bond motifs is 1. The Morgan fingerprint density at radius 2 is 2.06 bits per heavy atom. The molecule has 2 nitrogen and oxygen atoms in total. The number of benzene rings is 1. The zero-order valence-corrected chi connectivity index (χ0v) is 11.0. The van der Waals surface area contributed by atoms with Crippen molar-refractivity contribution in [1.29, 1.82) is 0 Å². The highest BCUT2D eigenvalue weighted by Crippen LogP contribution is 2.36. The van der Waals surface area contributed by atoms with Crippen LogP contribution in [0.2, 0.25) is 0 Å². The lowest BCUT2D eigenvalue weighted by molar-refractivity contribution is -0.110. The molecule has 0 saturated carbocycles. The van der Waals surface area contributed by atoms with E-state index in [1.807, 2.05) is 41.8 Å². The van der Waals surface area contributed by atoms with Crippen LogP contribution < -0.4 is 5.32 Å². The van der Waals surface area contributed by atoms with Crippen LogP contribution in [0.1, 0.15) is 10.4 Å². The van der Waals surface area contributed by atoms with Crippen molar-refractivity contribution < 1.29 is 4.79 Å². The molecule has 3 rings (SSSR count). The second kappa shape index (κ2) is 4.59. The average molecular weight is 276 g/mol. The minimum atomic E-state index is -0.113. The third-order valence-corrected chi connectivity index (χ3v) is 4.05. The molecule has 0 radical (unpaired) electrons. The van der Waals surface area contributed by atoms with Crippen LogP contribution in [0, 0.1) is 0 Å². The lowest BCUT2D eigenvalue weighted by Gasteiger charge is -2.02. The highest BCUT2D eigenvalue weighted by atomic mass is 35.5. The molecule has 1 N–H and O–H groups in total.